The zero-order chi connectivity index (χ0) is 18.4. The fourth-order valence-corrected chi connectivity index (χ4v) is 3.90. The van der Waals surface area contributed by atoms with E-state index in [4.69, 9.17) is 17.4 Å². The molecule has 3 nitrogen and oxygen atoms in total. The van der Waals surface area contributed by atoms with Crippen molar-refractivity contribution >= 4 is 24.7 Å². The number of nitrogens with one attached hydrogen (secondary N) is 1. The molecule has 0 saturated heterocycles. The van der Waals surface area contributed by atoms with Crippen LogP contribution < -0.4 is 10.1 Å². The predicted molar refractivity (Wildman–Crippen MR) is 101 cm³/mol. The van der Waals surface area contributed by atoms with E-state index >= 15 is 0 Å². The van der Waals surface area contributed by atoms with Crippen LogP contribution >= 0.6 is 12.6 Å². The van der Waals surface area contributed by atoms with Crippen LogP contribution in [0.3, 0.4) is 0 Å². The summed E-state index contributed by atoms with van der Waals surface area (Å²) in [6.45, 7) is 8.00. The molecule has 0 aromatic heterocycles. The minimum Gasteiger partial charge on any atom is -0.485 e. The third-order valence-electron chi connectivity index (χ3n) is 5.21. The predicted octanol–water partition coefficient (Wildman–Crippen LogP) is 4.68. The number of hydrogen-bond donors (Lipinski definition) is 2. The van der Waals surface area contributed by atoms with E-state index in [-0.39, 0.29) is 11.1 Å². The molecule has 0 fully saturated rings. The normalized spacial score (nSPS) is 19.9. The van der Waals surface area contributed by atoms with E-state index in [1.54, 1.807) is 12.1 Å². The molecule has 3 rings (SSSR count). The number of rotatable bonds is 4. The molecule has 2 aromatic carbocycles. The monoisotopic (exact) mass is 359 g/mol. The van der Waals surface area contributed by atoms with E-state index in [9.17, 15) is 9.18 Å². The molecule has 0 radical (unpaired) electrons. The second-order valence-corrected chi connectivity index (χ2v) is 7.38. The smallest absolute Gasteiger partial charge is 0.211 e. The Morgan fingerprint density at radius 1 is 1.20 bits per heavy atom. The summed E-state index contributed by atoms with van der Waals surface area (Å²) in [6, 6.07) is 6.37. The molecule has 0 bridgehead atoms. The van der Waals surface area contributed by atoms with Crippen LogP contribution in [0.25, 0.3) is 0 Å². The van der Waals surface area contributed by atoms with Crippen molar-refractivity contribution in [3.63, 3.8) is 0 Å². The van der Waals surface area contributed by atoms with Crippen LogP contribution in [0.4, 0.5) is 10.1 Å². The van der Waals surface area contributed by atoms with Gasteiger partial charge in [0.1, 0.15) is 17.2 Å². The molecular formula is C20H22FNO2S. The van der Waals surface area contributed by atoms with Gasteiger partial charge < -0.3 is 10.1 Å². The number of carbonyl (C=O) groups is 1. The lowest BCUT2D eigenvalue weighted by molar-refractivity contribution is -0.105. The first-order valence-electron chi connectivity index (χ1n) is 8.24. The van der Waals surface area contributed by atoms with Gasteiger partial charge in [0, 0.05) is 17.7 Å². The van der Waals surface area contributed by atoms with Gasteiger partial charge >= 0.3 is 0 Å². The molecule has 2 atom stereocenters. The van der Waals surface area contributed by atoms with Gasteiger partial charge in [0.2, 0.25) is 6.41 Å². The van der Waals surface area contributed by atoms with Gasteiger partial charge in [-0.3, -0.25) is 4.79 Å². The van der Waals surface area contributed by atoms with Gasteiger partial charge in [-0.15, -0.1) is 0 Å². The van der Waals surface area contributed by atoms with Gasteiger partial charge in [-0.25, -0.2) is 4.39 Å². The van der Waals surface area contributed by atoms with Crippen LogP contribution in [0.15, 0.2) is 24.3 Å². The van der Waals surface area contributed by atoms with Crippen LogP contribution in [-0.4, -0.2) is 12.0 Å². The zero-order valence-electron chi connectivity index (χ0n) is 14.8. The average molecular weight is 359 g/mol. The summed E-state index contributed by atoms with van der Waals surface area (Å²) in [4.78, 5) is 11.0. The molecule has 0 saturated carbocycles. The minimum absolute atomic E-state index is 0.206. The molecule has 2 unspecified atom stereocenters. The Morgan fingerprint density at radius 3 is 2.44 bits per heavy atom. The Balaban J connectivity index is 2.02. The van der Waals surface area contributed by atoms with Crippen molar-refractivity contribution in [2.24, 2.45) is 0 Å². The molecule has 1 N–H and O–H groups in total. The summed E-state index contributed by atoms with van der Waals surface area (Å²) in [7, 11) is 0. The molecule has 1 aliphatic rings. The summed E-state index contributed by atoms with van der Waals surface area (Å²) < 4.78 is 19.6. The number of fused-ring (bicyclic) bond motifs is 1. The molecule has 25 heavy (non-hydrogen) atoms. The van der Waals surface area contributed by atoms with Crippen molar-refractivity contribution in [2.45, 2.75) is 45.0 Å². The fraction of sp³-hybridized carbons (Fsp3) is 0.350. The van der Waals surface area contributed by atoms with Crippen LogP contribution in [0, 0.1) is 26.6 Å². The molecule has 0 aliphatic carbocycles. The zero-order valence-corrected chi connectivity index (χ0v) is 15.7. The van der Waals surface area contributed by atoms with Crippen molar-refractivity contribution in [3.05, 3.63) is 57.9 Å². The summed E-state index contributed by atoms with van der Waals surface area (Å²) >= 11 is 4.78. The first-order chi connectivity index (χ1) is 11.8. The Hall–Kier alpha value is -2.01. The number of anilines is 1. The lowest BCUT2D eigenvalue weighted by Gasteiger charge is -2.31. The van der Waals surface area contributed by atoms with E-state index < -0.39 is 5.60 Å². The van der Waals surface area contributed by atoms with Crippen molar-refractivity contribution < 1.29 is 13.9 Å². The van der Waals surface area contributed by atoms with Gasteiger partial charge in [-0.05, 0) is 62.1 Å². The number of hydrogen-bond acceptors (Lipinski definition) is 3. The number of benzene rings is 2. The number of halogens is 1. The lowest BCUT2D eigenvalue weighted by atomic mass is 9.88. The highest BCUT2D eigenvalue weighted by Crippen LogP contribution is 2.49. The van der Waals surface area contributed by atoms with Crippen molar-refractivity contribution in [2.75, 3.05) is 5.32 Å². The topological polar surface area (TPSA) is 38.3 Å². The Labute approximate surface area is 153 Å². The van der Waals surface area contributed by atoms with Gasteiger partial charge in [0.15, 0.2) is 0 Å². The molecule has 1 aliphatic heterocycles. The Morgan fingerprint density at radius 2 is 1.84 bits per heavy atom. The first kappa shape index (κ1) is 17.8. The highest BCUT2D eigenvalue weighted by molar-refractivity contribution is 7.80. The lowest BCUT2D eigenvalue weighted by Crippen LogP contribution is -2.35. The highest BCUT2D eigenvalue weighted by Gasteiger charge is 2.43. The van der Waals surface area contributed by atoms with Crippen LogP contribution in [0.5, 0.6) is 5.75 Å². The first-order valence-corrected chi connectivity index (χ1v) is 8.75. The van der Waals surface area contributed by atoms with E-state index in [0.29, 0.717) is 12.8 Å². The number of ether oxygens (including phenoxy) is 1. The minimum atomic E-state index is -0.551. The van der Waals surface area contributed by atoms with E-state index in [1.807, 2.05) is 27.7 Å². The molecule has 132 valence electrons. The quantitative estimate of drug-likeness (QED) is 0.614. The van der Waals surface area contributed by atoms with Crippen molar-refractivity contribution in [1.82, 2.24) is 0 Å². The van der Waals surface area contributed by atoms with Gasteiger partial charge in [-0.1, -0.05) is 12.1 Å². The van der Waals surface area contributed by atoms with E-state index in [2.05, 4.69) is 5.32 Å². The largest absolute Gasteiger partial charge is 0.485 e. The van der Waals surface area contributed by atoms with E-state index in [1.165, 1.54) is 12.1 Å². The molecule has 0 spiro atoms. The third kappa shape index (κ3) is 2.91. The number of thiol groups is 1. The van der Waals surface area contributed by atoms with Gasteiger partial charge in [0.25, 0.3) is 0 Å². The maximum Gasteiger partial charge on any atom is 0.211 e. The maximum atomic E-state index is 13.2. The summed E-state index contributed by atoms with van der Waals surface area (Å²) in [5, 5.41) is 2.61. The van der Waals surface area contributed by atoms with Gasteiger partial charge in [-0.2, -0.15) is 12.6 Å². The van der Waals surface area contributed by atoms with Crippen LogP contribution in [0.2, 0.25) is 0 Å². The maximum absolute atomic E-state index is 13.2. The molecular weight excluding hydrogens is 337 g/mol. The SMILES string of the molecule is Cc1c(C)c2c(c(C)c1NC=O)CC(C)(C(S)c1ccc(F)cc1)O2. The molecule has 5 heteroatoms. The standard InChI is InChI=1S/C20H22FNO2S/c1-11-12(2)18-16(13(3)17(11)22-10-23)9-20(4,24-18)19(25)14-5-7-15(21)8-6-14/h5-8,10,19,25H,9H2,1-4H3,(H,22,23). The molecule has 1 amide bonds. The second-order valence-electron chi connectivity index (χ2n) is 6.87. The van der Waals surface area contributed by atoms with Crippen molar-refractivity contribution in [3.8, 4) is 5.75 Å². The summed E-state index contributed by atoms with van der Waals surface area (Å²) in [6.07, 6.45) is 1.38. The number of amides is 1. The van der Waals surface area contributed by atoms with Crippen molar-refractivity contribution in [1.29, 1.82) is 0 Å². The summed E-state index contributed by atoms with van der Waals surface area (Å²) in [5.74, 6) is 0.604. The Kier molecular flexibility index (Phi) is 4.54. The van der Waals surface area contributed by atoms with Crippen LogP contribution in [0.1, 0.15) is 40.0 Å². The average Bonchev–Trinajstić information content (AvgIpc) is 2.96. The fourth-order valence-electron chi connectivity index (χ4n) is 3.58. The summed E-state index contributed by atoms with van der Waals surface area (Å²) in [5.41, 5.74) is 5.35. The third-order valence-corrected chi connectivity index (χ3v) is 6.05. The second kappa shape index (κ2) is 6.37. The van der Waals surface area contributed by atoms with Gasteiger partial charge in [0.05, 0.1) is 5.25 Å². The molecule has 1 heterocycles. The van der Waals surface area contributed by atoms with E-state index in [0.717, 1.165) is 39.3 Å². The Bertz CT molecular complexity index is 835. The van der Waals surface area contributed by atoms with Crippen LogP contribution in [-0.2, 0) is 11.2 Å². The highest BCUT2D eigenvalue weighted by atomic mass is 32.1. The number of carbonyl (C=O) groups excluding carboxylic acids is 1. The molecule has 2 aromatic rings.